The third kappa shape index (κ3) is 2.10. The Labute approximate surface area is 117 Å². The fraction of sp³-hybridized carbons (Fsp3) is 0.0833. The molecule has 0 unspecified atom stereocenters. The smallest absolute Gasteiger partial charge is 0.269 e. The van der Waals surface area contributed by atoms with Crippen LogP contribution in [0.2, 0.25) is 0 Å². The minimum atomic E-state index is 0.295. The molecular weight excluding hydrogens is 278 g/mol. The summed E-state index contributed by atoms with van der Waals surface area (Å²) < 4.78 is 10.2. The first kappa shape index (κ1) is 12.3. The molecule has 0 saturated carbocycles. The summed E-state index contributed by atoms with van der Waals surface area (Å²) in [4.78, 5) is 12.9. The van der Waals surface area contributed by atoms with Crippen LogP contribution in [-0.4, -0.2) is 27.2 Å². The van der Waals surface area contributed by atoms with Crippen LogP contribution >= 0.6 is 11.3 Å². The Morgan fingerprint density at radius 2 is 2.30 bits per heavy atom. The normalized spacial score (nSPS) is 10.2. The first-order valence-electron chi connectivity index (χ1n) is 5.50. The Hall–Kier alpha value is -2.79. The molecule has 0 bridgehead atoms. The molecular formula is C12H7N5O2S. The number of hydrogen-bond acceptors (Lipinski definition) is 8. The summed E-state index contributed by atoms with van der Waals surface area (Å²) in [6.07, 6.45) is 1.36. The molecule has 0 spiro atoms. The Morgan fingerprint density at radius 3 is 3.10 bits per heavy atom. The lowest BCUT2D eigenvalue weighted by Gasteiger charge is -1.97. The van der Waals surface area contributed by atoms with Crippen LogP contribution in [0.4, 0.5) is 0 Å². The van der Waals surface area contributed by atoms with E-state index in [9.17, 15) is 0 Å². The number of thiophene rings is 1. The number of rotatable bonds is 3. The highest BCUT2D eigenvalue weighted by atomic mass is 32.1. The topological polar surface area (TPSA) is 97.7 Å². The molecule has 8 heteroatoms. The van der Waals surface area contributed by atoms with Crippen LogP contribution < -0.4 is 4.74 Å². The summed E-state index contributed by atoms with van der Waals surface area (Å²) >= 11 is 1.37. The summed E-state index contributed by atoms with van der Waals surface area (Å²) in [5.41, 5.74) is 0.993. The van der Waals surface area contributed by atoms with Gasteiger partial charge in [-0.2, -0.15) is 10.2 Å². The molecule has 7 nitrogen and oxygen atoms in total. The van der Waals surface area contributed by atoms with E-state index in [4.69, 9.17) is 14.5 Å². The molecule has 0 amide bonds. The number of methoxy groups -OCH3 is 1. The number of nitriles is 1. The molecule has 98 valence electrons. The zero-order valence-corrected chi connectivity index (χ0v) is 11.1. The van der Waals surface area contributed by atoms with Gasteiger partial charge in [0.25, 0.3) is 5.89 Å². The quantitative estimate of drug-likeness (QED) is 0.727. The standard InChI is InChI=1S/C12H7N5O2S/c1-18-9-4-8(14-6-15-9)11-16-12(19-17-11)10-7(5-13)2-3-20-10/h2-4,6H,1H3. The van der Waals surface area contributed by atoms with Crippen LogP contribution in [0, 0.1) is 11.3 Å². The van der Waals surface area contributed by atoms with Crippen molar-refractivity contribution < 1.29 is 9.26 Å². The van der Waals surface area contributed by atoms with Gasteiger partial charge < -0.3 is 9.26 Å². The van der Waals surface area contributed by atoms with Gasteiger partial charge in [0.15, 0.2) is 0 Å². The SMILES string of the molecule is COc1cc(-c2noc(-c3sccc3C#N)n2)ncn1. The van der Waals surface area contributed by atoms with Gasteiger partial charge in [-0.05, 0) is 11.4 Å². The van der Waals surface area contributed by atoms with Gasteiger partial charge in [-0.3, -0.25) is 0 Å². The first-order valence-corrected chi connectivity index (χ1v) is 6.38. The highest BCUT2D eigenvalue weighted by Gasteiger charge is 2.16. The van der Waals surface area contributed by atoms with Crippen molar-refractivity contribution in [2.75, 3.05) is 7.11 Å². The van der Waals surface area contributed by atoms with Crippen LogP contribution in [0.5, 0.6) is 5.88 Å². The maximum atomic E-state index is 8.99. The number of nitrogens with zero attached hydrogens (tertiary/aromatic N) is 5. The average molecular weight is 285 g/mol. The van der Waals surface area contributed by atoms with Crippen LogP contribution in [-0.2, 0) is 0 Å². The van der Waals surface area contributed by atoms with Gasteiger partial charge in [0.05, 0.1) is 12.7 Å². The summed E-state index contributed by atoms with van der Waals surface area (Å²) in [6, 6.07) is 5.39. The molecule has 3 rings (SSSR count). The lowest BCUT2D eigenvalue weighted by atomic mass is 10.3. The van der Waals surface area contributed by atoms with E-state index < -0.39 is 0 Å². The van der Waals surface area contributed by atoms with Crippen LogP contribution in [0.15, 0.2) is 28.4 Å². The van der Waals surface area contributed by atoms with E-state index in [1.54, 1.807) is 17.5 Å². The van der Waals surface area contributed by atoms with Gasteiger partial charge in [-0.1, -0.05) is 5.16 Å². The summed E-state index contributed by atoms with van der Waals surface area (Å²) in [5.74, 6) is 1.03. The van der Waals surface area contributed by atoms with Crippen molar-refractivity contribution >= 4 is 11.3 Å². The maximum absolute atomic E-state index is 8.99. The predicted molar refractivity (Wildman–Crippen MR) is 69.9 cm³/mol. The van der Waals surface area contributed by atoms with Crippen molar-refractivity contribution in [3.8, 4) is 34.2 Å². The number of aromatic nitrogens is 4. The Kier molecular flexibility index (Phi) is 3.10. The molecule has 0 atom stereocenters. The fourth-order valence-electron chi connectivity index (χ4n) is 1.56. The largest absolute Gasteiger partial charge is 0.481 e. The summed E-state index contributed by atoms with van der Waals surface area (Å²) in [6.45, 7) is 0. The van der Waals surface area contributed by atoms with Gasteiger partial charge in [0, 0.05) is 6.07 Å². The molecule has 0 aliphatic rings. The minimum Gasteiger partial charge on any atom is -0.481 e. The molecule has 0 aromatic carbocycles. The second-order valence-corrected chi connectivity index (χ2v) is 4.56. The number of ether oxygens (including phenoxy) is 1. The third-order valence-electron chi connectivity index (χ3n) is 2.49. The lowest BCUT2D eigenvalue weighted by molar-refractivity contribution is 0.397. The van der Waals surface area contributed by atoms with Gasteiger partial charge in [-0.15, -0.1) is 11.3 Å². The van der Waals surface area contributed by atoms with Crippen molar-refractivity contribution in [2.45, 2.75) is 0 Å². The second-order valence-electron chi connectivity index (χ2n) is 3.64. The van der Waals surface area contributed by atoms with E-state index in [2.05, 4.69) is 26.2 Å². The predicted octanol–water partition coefficient (Wildman–Crippen LogP) is 2.14. The number of hydrogen-bond donors (Lipinski definition) is 0. The van der Waals surface area contributed by atoms with Crippen molar-refractivity contribution in [2.24, 2.45) is 0 Å². The Bertz CT molecular complexity index is 789. The van der Waals surface area contributed by atoms with E-state index in [1.807, 2.05) is 0 Å². The highest BCUT2D eigenvalue weighted by Crippen LogP contribution is 2.29. The van der Waals surface area contributed by atoms with Gasteiger partial charge in [-0.25, -0.2) is 9.97 Å². The molecule has 3 aromatic rings. The maximum Gasteiger partial charge on any atom is 0.269 e. The second kappa shape index (κ2) is 5.07. The minimum absolute atomic E-state index is 0.295. The molecule has 0 aliphatic carbocycles. The van der Waals surface area contributed by atoms with Crippen molar-refractivity contribution in [1.82, 2.24) is 20.1 Å². The van der Waals surface area contributed by atoms with Gasteiger partial charge in [0.2, 0.25) is 11.7 Å². The van der Waals surface area contributed by atoms with Crippen LogP contribution in [0.3, 0.4) is 0 Å². The molecule has 0 fully saturated rings. The van der Waals surface area contributed by atoms with Gasteiger partial charge >= 0.3 is 0 Å². The van der Waals surface area contributed by atoms with E-state index in [0.717, 1.165) is 0 Å². The van der Waals surface area contributed by atoms with E-state index in [0.29, 0.717) is 33.7 Å². The Balaban J connectivity index is 2.00. The van der Waals surface area contributed by atoms with Crippen molar-refractivity contribution in [1.29, 1.82) is 5.26 Å². The molecule has 0 aliphatic heterocycles. The molecule has 3 aromatic heterocycles. The zero-order chi connectivity index (χ0) is 13.9. The van der Waals surface area contributed by atoms with E-state index in [1.165, 1.54) is 24.8 Å². The average Bonchev–Trinajstić information content (AvgIpc) is 3.15. The lowest BCUT2D eigenvalue weighted by Crippen LogP contribution is -1.91. The highest BCUT2D eigenvalue weighted by molar-refractivity contribution is 7.13. The van der Waals surface area contributed by atoms with Crippen LogP contribution in [0.1, 0.15) is 5.56 Å². The molecule has 0 radical (unpaired) electrons. The molecule has 0 N–H and O–H groups in total. The van der Waals surface area contributed by atoms with Crippen molar-refractivity contribution in [3.05, 3.63) is 29.4 Å². The van der Waals surface area contributed by atoms with E-state index >= 15 is 0 Å². The third-order valence-corrected chi connectivity index (χ3v) is 3.39. The molecule has 20 heavy (non-hydrogen) atoms. The summed E-state index contributed by atoms with van der Waals surface area (Å²) in [5, 5.41) is 14.6. The zero-order valence-electron chi connectivity index (χ0n) is 10.3. The van der Waals surface area contributed by atoms with Crippen LogP contribution in [0.25, 0.3) is 22.3 Å². The summed E-state index contributed by atoms with van der Waals surface area (Å²) in [7, 11) is 1.51. The van der Waals surface area contributed by atoms with Crippen molar-refractivity contribution in [3.63, 3.8) is 0 Å². The monoisotopic (exact) mass is 285 g/mol. The molecule has 0 saturated heterocycles. The van der Waals surface area contributed by atoms with E-state index in [-0.39, 0.29) is 0 Å². The molecule has 3 heterocycles. The Morgan fingerprint density at radius 1 is 1.40 bits per heavy atom. The van der Waals surface area contributed by atoms with Gasteiger partial charge in [0.1, 0.15) is 23.0 Å². The first-order chi connectivity index (χ1) is 9.81. The fourth-order valence-corrected chi connectivity index (χ4v) is 2.32.